The summed E-state index contributed by atoms with van der Waals surface area (Å²) in [6.07, 6.45) is 0.537. The number of ketones is 1. The second-order valence-corrected chi connectivity index (χ2v) is 3.72. The highest BCUT2D eigenvalue weighted by molar-refractivity contribution is 5.78. The Hall–Kier alpha value is -1.31. The van der Waals surface area contributed by atoms with Crippen molar-refractivity contribution in [2.24, 2.45) is 0 Å². The first-order valence-corrected chi connectivity index (χ1v) is 5.50. The monoisotopic (exact) mass is 205 g/mol. The summed E-state index contributed by atoms with van der Waals surface area (Å²) in [6, 6.07) is 8.23. The van der Waals surface area contributed by atoms with Crippen LogP contribution >= 0.6 is 0 Å². The molecule has 15 heavy (non-hydrogen) atoms. The number of nitrogens with zero attached hydrogens (tertiary/aromatic N) is 1. The zero-order valence-electron chi connectivity index (χ0n) is 9.79. The van der Waals surface area contributed by atoms with Gasteiger partial charge in [0.2, 0.25) is 0 Å². The fraction of sp³-hybridized carbons (Fsp3) is 0.462. The fourth-order valence-corrected chi connectivity index (χ4v) is 1.74. The van der Waals surface area contributed by atoms with E-state index in [9.17, 15) is 4.79 Å². The van der Waals surface area contributed by atoms with E-state index >= 15 is 0 Å². The fourth-order valence-electron chi connectivity index (χ4n) is 1.74. The summed E-state index contributed by atoms with van der Waals surface area (Å²) in [5.41, 5.74) is 2.31. The molecule has 0 radical (unpaired) electrons. The third kappa shape index (κ3) is 3.39. The minimum absolute atomic E-state index is 0.215. The Morgan fingerprint density at radius 2 is 1.93 bits per heavy atom. The van der Waals surface area contributed by atoms with Gasteiger partial charge in [0.1, 0.15) is 5.78 Å². The number of rotatable bonds is 5. The molecule has 0 aromatic heterocycles. The normalized spacial score (nSPS) is 10.1. The van der Waals surface area contributed by atoms with Gasteiger partial charge in [0.15, 0.2) is 0 Å². The second kappa shape index (κ2) is 5.54. The number of Topliss-reactive ketones (excluding diaryl/α,β-unsaturated/α-hetero) is 1. The molecule has 1 aromatic carbocycles. The van der Waals surface area contributed by atoms with Crippen LogP contribution in [0.2, 0.25) is 0 Å². The number of carbonyl (C=O) groups excluding carboxylic acids is 1. The molecule has 2 nitrogen and oxygen atoms in total. The summed E-state index contributed by atoms with van der Waals surface area (Å²) < 4.78 is 0. The average Bonchev–Trinajstić information content (AvgIpc) is 2.19. The van der Waals surface area contributed by atoms with E-state index in [1.807, 2.05) is 12.1 Å². The number of carbonyl (C=O) groups is 1. The van der Waals surface area contributed by atoms with Crippen LogP contribution in [0.1, 0.15) is 26.3 Å². The van der Waals surface area contributed by atoms with Crippen molar-refractivity contribution < 1.29 is 4.79 Å². The average molecular weight is 205 g/mol. The Morgan fingerprint density at radius 3 is 2.47 bits per heavy atom. The van der Waals surface area contributed by atoms with Crippen molar-refractivity contribution in [3.8, 4) is 0 Å². The van der Waals surface area contributed by atoms with Crippen LogP contribution < -0.4 is 4.90 Å². The molecule has 1 aromatic rings. The molecule has 0 saturated heterocycles. The van der Waals surface area contributed by atoms with Gasteiger partial charge in [-0.3, -0.25) is 4.79 Å². The third-order valence-corrected chi connectivity index (χ3v) is 2.49. The van der Waals surface area contributed by atoms with Crippen molar-refractivity contribution in [1.82, 2.24) is 0 Å². The van der Waals surface area contributed by atoms with Gasteiger partial charge >= 0.3 is 0 Å². The maximum Gasteiger partial charge on any atom is 0.134 e. The smallest absolute Gasteiger partial charge is 0.134 e. The Bertz CT molecular complexity index is 329. The van der Waals surface area contributed by atoms with E-state index in [0.717, 1.165) is 18.7 Å². The molecule has 0 amide bonds. The lowest BCUT2D eigenvalue weighted by atomic mass is 10.1. The van der Waals surface area contributed by atoms with E-state index in [2.05, 4.69) is 30.9 Å². The van der Waals surface area contributed by atoms with E-state index in [1.165, 1.54) is 5.69 Å². The van der Waals surface area contributed by atoms with Gasteiger partial charge in [0.25, 0.3) is 0 Å². The molecule has 0 heterocycles. The molecule has 0 unspecified atom stereocenters. The first-order chi connectivity index (χ1) is 7.17. The number of anilines is 1. The highest BCUT2D eigenvalue weighted by Gasteiger charge is 2.03. The summed E-state index contributed by atoms with van der Waals surface area (Å²) in [5.74, 6) is 0.215. The SMILES string of the molecule is CCN(CC)c1cccc(CC(C)=O)c1. The predicted octanol–water partition coefficient (Wildman–Crippen LogP) is 2.66. The van der Waals surface area contributed by atoms with Crippen molar-refractivity contribution in [2.75, 3.05) is 18.0 Å². The van der Waals surface area contributed by atoms with Crippen LogP contribution in [-0.2, 0) is 11.2 Å². The molecule has 0 atom stereocenters. The molecule has 0 aliphatic rings. The zero-order chi connectivity index (χ0) is 11.3. The third-order valence-electron chi connectivity index (χ3n) is 2.49. The molecular formula is C13H19NO. The van der Waals surface area contributed by atoms with E-state index in [0.29, 0.717) is 6.42 Å². The van der Waals surface area contributed by atoms with Crippen LogP contribution in [0.25, 0.3) is 0 Å². The van der Waals surface area contributed by atoms with Crippen molar-refractivity contribution in [2.45, 2.75) is 27.2 Å². The summed E-state index contributed by atoms with van der Waals surface area (Å²) in [5, 5.41) is 0. The van der Waals surface area contributed by atoms with Gasteiger partial charge in [-0.1, -0.05) is 12.1 Å². The summed E-state index contributed by atoms with van der Waals surface area (Å²) in [7, 11) is 0. The Kier molecular flexibility index (Phi) is 4.35. The first-order valence-electron chi connectivity index (χ1n) is 5.50. The number of hydrogen-bond donors (Lipinski definition) is 0. The van der Waals surface area contributed by atoms with E-state index in [4.69, 9.17) is 0 Å². The lowest BCUT2D eigenvalue weighted by Gasteiger charge is -2.21. The van der Waals surface area contributed by atoms with Crippen molar-refractivity contribution in [3.63, 3.8) is 0 Å². The lowest BCUT2D eigenvalue weighted by Crippen LogP contribution is -2.21. The van der Waals surface area contributed by atoms with Gasteiger partial charge in [-0.15, -0.1) is 0 Å². The largest absolute Gasteiger partial charge is 0.372 e. The Labute approximate surface area is 91.9 Å². The predicted molar refractivity (Wildman–Crippen MR) is 64.4 cm³/mol. The topological polar surface area (TPSA) is 20.3 Å². The minimum atomic E-state index is 0.215. The standard InChI is InChI=1S/C13H19NO/c1-4-14(5-2)13-8-6-7-12(10-13)9-11(3)15/h6-8,10H,4-5,9H2,1-3H3. The highest BCUT2D eigenvalue weighted by atomic mass is 16.1. The van der Waals surface area contributed by atoms with Gasteiger partial charge in [-0.2, -0.15) is 0 Å². The molecule has 2 heteroatoms. The van der Waals surface area contributed by atoms with Crippen molar-refractivity contribution in [3.05, 3.63) is 29.8 Å². The maximum atomic E-state index is 11.0. The Balaban J connectivity index is 2.86. The molecule has 82 valence electrons. The summed E-state index contributed by atoms with van der Waals surface area (Å²) in [6.45, 7) is 7.91. The zero-order valence-corrected chi connectivity index (χ0v) is 9.79. The van der Waals surface area contributed by atoms with Gasteiger partial charge in [-0.25, -0.2) is 0 Å². The molecule has 0 spiro atoms. The second-order valence-electron chi connectivity index (χ2n) is 3.72. The Morgan fingerprint density at radius 1 is 1.27 bits per heavy atom. The van der Waals surface area contributed by atoms with E-state index < -0.39 is 0 Å². The van der Waals surface area contributed by atoms with Gasteiger partial charge in [-0.05, 0) is 38.5 Å². The highest BCUT2D eigenvalue weighted by Crippen LogP contribution is 2.16. The van der Waals surface area contributed by atoms with Crippen LogP contribution in [0.5, 0.6) is 0 Å². The molecule has 0 fully saturated rings. The van der Waals surface area contributed by atoms with Crippen molar-refractivity contribution >= 4 is 11.5 Å². The van der Waals surface area contributed by atoms with Crippen LogP contribution in [0.3, 0.4) is 0 Å². The maximum absolute atomic E-state index is 11.0. The van der Waals surface area contributed by atoms with Gasteiger partial charge in [0, 0.05) is 25.2 Å². The van der Waals surface area contributed by atoms with E-state index in [-0.39, 0.29) is 5.78 Å². The van der Waals surface area contributed by atoms with E-state index in [1.54, 1.807) is 6.92 Å². The molecular weight excluding hydrogens is 186 g/mol. The summed E-state index contributed by atoms with van der Waals surface area (Å²) >= 11 is 0. The molecule has 0 saturated carbocycles. The van der Waals surface area contributed by atoms with Gasteiger partial charge in [0.05, 0.1) is 0 Å². The molecule has 1 rings (SSSR count). The lowest BCUT2D eigenvalue weighted by molar-refractivity contribution is -0.116. The van der Waals surface area contributed by atoms with Crippen LogP contribution in [0.4, 0.5) is 5.69 Å². The van der Waals surface area contributed by atoms with Crippen LogP contribution in [-0.4, -0.2) is 18.9 Å². The van der Waals surface area contributed by atoms with Crippen LogP contribution in [0, 0.1) is 0 Å². The quantitative estimate of drug-likeness (QED) is 0.736. The number of benzene rings is 1. The summed E-state index contributed by atoms with van der Waals surface area (Å²) in [4.78, 5) is 13.3. The molecule has 0 N–H and O–H groups in total. The minimum Gasteiger partial charge on any atom is -0.372 e. The number of hydrogen-bond acceptors (Lipinski definition) is 2. The van der Waals surface area contributed by atoms with Gasteiger partial charge < -0.3 is 4.90 Å². The molecule has 0 aliphatic heterocycles. The first kappa shape index (κ1) is 11.8. The molecule has 0 bridgehead atoms. The van der Waals surface area contributed by atoms with Crippen LogP contribution in [0.15, 0.2) is 24.3 Å². The molecule has 0 aliphatic carbocycles. The van der Waals surface area contributed by atoms with Crippen molar-refractivity contribution in [1.29, 1.82) is 0 Å².